The summed E-state index contributed by atoms with van der Waals surface area (Å²) in [5.74, 6) is 0.563. The summed E-state index contributed by atoms with van der Waals surface area (Å²) in [5, 5.41) is 11.3. The first-order valence-electron chi connectivity index (χ1n) is 11.1. The standard InChI is InChI=1S/C25H44O/c1-8-11-13-16-24(4,5)21-18-20(15-10-3)19-22(23(21)26)25(6,7)17-14-12-9-2/h18-19,26H,8-17H2,1-7H3. The molecule has 0 aliphatic carbocycles. The van der Waals surface area contributed by atoms with Gasteiger partial charge in [0, 0.05) is 11.1 Å². The Morgan fingerprint density at radius 1 is 0.692 bits per heavy atom. The van der Waals surface area contributed by atoms with Crippen molar-refractivity contribution in [2.45, 2.75) is 124 Å². The molecule has 0 heterocycles. The number of unbranched alkanes of at least 4 members (excludes halogenated alkanes) is 4. The van der Waals surface area contributed by atoms with Crippen molar-refractivity contribution in [1.29, 1.82) is 0 Å². The maximum Gasteiger partial charge on any atom is 0.123 e. The number of aryl methyl sites for hydroxylation is 1. The first-order valence-corrected chi connectivity index (χ1v) is 11.1. The summed E-state index contributed by atoms with van der Waals surface area (Å²) in [4.78, 5) is 0. The van der Waals surface area contributed by atoms with Crippen LogP contribution in [0.25, 0.3) is 0 Å². The molecule has 0 amide bonds. The van der Waals surface area contributed by atoms with Crippen molar-refractivity contribution in [3.05, 3.63) is 28.8 Å². The molecule has 0 saturated carbocycles. The van der Waals surface area contributed by atoms with Gasteiger partial charge in [-0.25, -0.2) is 0 Å². The van der Waals surface area contributed by atoms with Crippen molar-refractivity contribution in [3.63, 3.8) is 0 Å². The number of rotatable bonds is 12. The highest BCUT2D eigenvalue weighted by Crippen LogP contribution is 2.43. The Kier molecular flexibility index (Phi) is 9.21. The van der Waals surface area contributed by atoms with E-state index in [2.05, 4.69) is 60.6 Å². The van der Waals surface area contributed by atoms with E-state index in [-0.39, 0.29) is 10.8 Å². The van der Waals surface area contributed by atoms with Crippen molar-refractivity contribution in [2.75, 3.05) is 0 Å². The van der Waals surface area contributed by atoms with Crippen LogP contribution in [0.2, 0.25) is 0 Å². The van der Waals surface area contributed by atoms with Crippen LogP contribution in [0.15, 0.2) is 12.1 Å². The van der Waals surface area contributed by atoms with Crippen LogP contribution in [0.4, 0.5) is 0 Å². The number of hydrogen-bond acceptors (Lipinski definition) is 1. The van der Waals surface area contributed by atoms with Crippen molar-refractivity contribution in [3.8, 4) is 5.75 Å². The molecule has 0 aliphatic heterocycles. The largest absolute Gasteiger partial charge is 0.507 e. The van der Waals surface area contributed by atoms with Gasteiger partial charge in [-0.3, -0.25) is 0 Å². The zero-order valence-electron chi connectivity index (χ0n) is 18.7. The molecule has 0 radical (unpaired) electrons. The normalized spacial score (nSPS) is 12.6. The fourth-order valence-electron chi connectivity index (χ4n) is 4.06. The van der Waals surface area contributed by atoms with E-state index in [0.29, 0.717) is 5.75 Å². The number of aromatic hydroxyl groups is 1. The van der Waals surface area contributed by atoms with Crippen LogP contribution in [-0.2, 0) is 17.3 Å². The SMILES string of the molecule is CCCCCC(C)(C)c1cc(CCC)cc(C(C)(C)CCCCC)c1O. The maximum atomic E-state index is 11.3. The second kappa shape index (κ2) is 10.4. The molecule has 150 valence electrons. The van der Waals surface area contributed by atoms with Crippen molar-refractivity contribution in [1.82, 2.24) is 0 Å². The predicted molar refractivity (Wildman–Crippen MR) is 116 cm³/mol. The monoisotopic (exact) mass is 360 g/mol. The summed E-state index contributed by atoms with van der Waals surface area (Å²) < 4.78 is 0. The van der Waals surface area contributed by atoms with Gasteiger partial charge in [0.2, 0.25) is 0 Å². The molecule has 0 aromatic heterocycles. The molecule has 0 fully saturated rings. The number of benzene rings is 1. The van der Waals surface area contributed by atoms with Crippen LogP contribution in [-0.4, -0.2) is 5.11 Å². The smallest absolute Gasteiger partial charge is 0.123 e. The maximum absolute atomic E-state index is 11.3. The van der Waals surface area contributed by atoms with Gasteiger partial charge in [-0.2, -0.15) is 0 Å². The first-order chi connectivity index (χ1) is 12.2. The Bertz CT molecular complexity index is 496. The summed E-state index contributed by atoms with van der Waals surface area (Å²) in [6, 6.07) is 4.58. The predicted octanol–water partition coefficient (Wildman–Crippen LogP) is 8.06. The van der Waals surface area contributed by atoms with Gasteiger partial charge in [0.15, 0.2) is 0 Å². The minimum absolute atomic E-state index is 0.0251. The highest BCUT2D eigenvalue weighted by atomic mass is 16.3. The van der Waals surface area contributed by atoms with Crippen LogP contribution in [0, 0.1) is 0 Å². The molecule has 1 nitrogen and oxygen atoms in total. The lowest BCUT2D eigenvalue weighted by atomic mass is 9.73. The van der Waals surface area contributed by atoms with E-state index < -0.39 is 0 Å². The minimum Gasteiger partial charge on any atom is -0.507 e. The van der Waals surface area contributed by atoms with E-state index >= 15 is 0 Å². The van der Waals surface area contributed by atoms with Crippen LogP contribution in [0.5, 0.6) is 5.75 Å². The summed E-state index contributed by atoms with van der Waals surface area (Å²) >= 11 is 0. The molecular formula is C25H44O. The Labute approximate surface area is 163 Å². The van der Waals surface area contributed by atoms with E-state index in [0.717, 1.165) is 36.8 Å². The Hall–Kier alpha value is -0.980. The Balaban J connectivity index is 3.28. The Morgan fingerprint density at radius 3 is 1.46 bits per heavy atom. The van der Waals surface area contributed by atoms with Crippen LogP contribution < -0.4 is 0 Å². The summed E-state index contributed by atoms with van der Waals surface area (Å²) in [6.45, 7) is 16.0. The zero-order chi connectivity index (χ0) is 19.8. The summed E-state index contributed by atoms with van der Waals surface area (Å²) in [5.41, 5.74) is 3.77. The molecule has 0 unspecified atom stereocenters. The highest BCUT2D eigenvalue weighted by Gasteiger charge is 2.30. The first kappa shape index (κ1) is 23.1. The number of hydrogen-bond donors (Lipinski definition) is 1. The average Bonchev–Trinajstić information content (AvgIpc) is 2.56. The second-order valence-corrected chi connectivity index (χ2v) is 9.47. The highest BCUT2D eigenvalue weighted by molar-refractivity contribution is 5.50. The zero-order valence-corrected chi connectivity index (χ0v) is 18.7. The molecule has 1 rings (SSSR count). The van der Waals surface area contributed by atoms with E-state index in [1.54, 1.807) is 0 Å². The van der Waals surface area contributed by atoms with Gasteiger partial charge in [-0.15, -0.1) is 0 Å². The molecular weight excluding hydrogens is 316 g/mol. The third kappa shape index (κ3) is 6.32. The minimum atomic E-state index is 0.0251. The van der Waals surface area contributed by atoms with E-state index in [1.165, 1.54) is 44.1 Å². The Morgan fingerprint density at radius 2 is 1.12 bits per heavy atom. The lowest BCUT2D eigenvalue weighted by molar-refractivity contribution is 0.380. The number of phenolic OH excluding ortho intramolecular Hbond substituents is 1. The van der Waals surface area contributed by atoms with Gasteiger partial charge >= 0.3 is 0 Å². The molecule has 0 aliphatic rings. The molecule has 1 heteroatoms. The molecule has 1 aromatic rings. The lowest BCUT2D eigenvalue weighted by Gasteiger charge is -2.32. The molecule has 0 spiro atoms. The van der Waals surface area contributed by atoms with E-state index in [4.69, 9.17) is 0 Å². The fourth-order valence-corrected chi connectivity index (χ4v) is 4.06. The van der Waals surface area contributed by atoms with Crippen molar-refractivity contribution < 1.29 is 5.11 Å². The molecule has 26 heavy (non-hydrogen) atoms. The third-order valence-electron chi connectivity index (χ3n) is 5.98. The van der Waals surface area contributed by atoms with Crippen LogP contribution in [0.3, 0.4) is 0 Å². The molecule has 0 atom stereocenters. The third-order valence-corrected chi connectivity index (χ3v) is 5.98. The average molecular weight is 361 g/mol. The molecule has 0 bridgehead atoms. The van der Waals surface area contributed by atoms with E-state index in [9.17, 15) is 5.11 Å². The molecule has 1 aromatic carbocycles. The fraction of sp³-hybridized carbons (Fsp3) is 0.760. The van der Waals surface area contributed by atoms with Crippen LogP contribution in [0.1, 0.15) is 123 Å². The molecule has 1 N–H and O–H groups in total. The summed E-state index contributed by atoms with van der Waals surface area (Å²) in [7, 11) is 0. The number of phenols is 1. The summed E-state index contributed by atoms with van der Waals surface area (Å²) in [6.07, 6.45) is 12.0. The lowest BCUT2D eigenvalue weighted by Crippen LogP contribution is -2.22. The quantitative estimate of drug-likeness (QED) is 0.374. The van der Waals surface area contributed by atoms with Gasteiger partial charge in [0.05, 0.1) is 0 Å². The van der Waals surface area contributed by atoms with Gasteiger partial charge in [0.25, 0.3) is 0 Å². The van der Waals surface area contributed by atoms with Gasteiger partial charge in [0.1, 0.15) is 5.75 Å². The second-order valence-electron chi connectivity index (χ2n) is 9.47. The van der Waals surface area contributed by atoms with Gasteiger partial charge in [-0.1, -0.05) is 106 Å². The van der Waals surface area contributed by atoms with Crippen LogP contribution >= 0.6 is 0 Å². The molecule has 0 saturated heterocycles. The van der Waals surface area contributed by atoms with Gasteiger partial charge in [-0.05, 0) is 35.7 Å². The van der Waals surface area contributed by atoms with Crippen molar-refractivity contribution >= 4 is 0 Å². The van der Waals surface area contributed by atoms with Gasteiger partial charge < -0.3 is 5.11 Å². The van der Waals surface area contributed by atoms with E-state index in [1.807, 2.05) is 0 Å². The van der Waals surface area contributed by atoms with Crippen molar-refractivity contribution in [2.24, 2.45) is 0 Å². The topological polar surface area (TPSA) is 20.2 Å².